The molecule has 0 aliphatic carbocycles. The summed E-state index contributed by atoms with van der Waals surface area (Å²) < 4.78 is 0. The number of benzene rings is 2. The number of amides is 1. The maximum absolute atomic E-state index is 12.6. The molecule has 1 saturated heterocycles. The first kappa shape index (κ1) is 19.9. The number of piperazine rings is 1. The highest BCUT2D eigenvalue weighted by Gasteiger charge is 2.30. The second kappa shape index (κ2) is 8.45. The van der Waals surface area contributed by atoms with Crippen LogP contribution in [0.2, 0.25) is 5.02 Å². The lowest BCUT2D eigenvalue weighted by Crippen LogP contribution is -3.19. The van der Waals surface area contributed by atoms with Gasteiger partial charge in [-0.1, -0.05) is 23.7 Å². The van der Waals surface area contributed by atoms with E-state index in [2.05, 4.69) is 10.2 Å². The fourth-order valence-electron chi connectivity index (χ4n) is 3.35. The topological polar surface area (TPSA) is 100 Å². The highest BCUT2D eigenvalue weighted by atomic mass is 35.5. The molecule has 1 aliphatic rings. The molecule has 1 heterocycles. The third-order valence-electron chi connectivity index (χ3n) is 5.05. The predicted octanol–water partition coefficient (Wildman–Crippen LogP) is 1.69. The largest absolute Gasteiger partial charge is 0.506 e. The number of quaternary nitrogens is 1. The van der Waals surface area contributed by atoms with Crippen molar-refractivity contribution in [2.45, 2.75) is 13.0 Å². The van der Waals surface area contributed by atoms with Crippen molar-refractivity contribution in [2.75, 3.05) is 36.4 Å². The van der Waals surface area contributed by atoms with E-state index in [1.807, 2.05) is 19.1 Å². The molecule has 9 heteroatoms. The zero-order chi connectivity index (χ0) is 20.3. The smallest absolute Gasteiger partial charge is 0.282 e. The molecule has 0 bridgehead atoms. The molecule has 0 radical (unpaired) electrons. The first-order chi connectivity index (χ1) is 13.4. The van der Waals surface area contributed by atoms with Crippen LogP contribution < -0.4 is 15.1 Å². The van der Waals surface area contributed by atoms with Crippen molar-refractivity contribution in [3.8, 4) is 5.75 Å². The molecular formula is C19H22ClN4O4+. The highest BCUT2D eigenvalue weighted by molar-refractivity contribution is 6.33. The van der Waals surface area contributed by atoms with Gasteiger partial charge in [0.2, 0.25) is 0 Å². The fourth-order valence-corrected chi connectivity index (χ4v) is 3.51. The molecule has 0 aromatic heterocycles. The van der Waals surface area contributed by atoms with Gasteiger partial charge in [0.25, 0.3) is 11.6 Å². The van der Waals surface area contributed by atoms with E-state index in [0.29, 0.717) is 13.1 Å². The summed E-state index contributed by atoms with van der Waals surface area (Å²) in [7, 11) is 0. The number of anilines is 2. The minimum absolute atomic E-state index is 0.129. The van der Waals surface area contributed by atoms with Crippen LogP contribution in [0.4, 0.5) is 17.1 Å². The monoisotopic (exact) mass is 405 g/mol. The van der Waals surface area contributed by atoms with Crippen molar-refractivity contribution in [1.29, 1.82) is 0 Å². The van der Waals surface area contributed by atoms with Gasteiger partial charge in [0.15, 0.2) is 6.04 Å². The quantitative estimate of drug-likeness (QED) is 0.519. The van der Waals surface area contributed by atoms with Crippen LogP contribution in [0.3, 0.4) is 0 Å². The number of nitrogens with one attached hydrogen (secondary N) is 2. The number of rotatable bonds is 5. The molecule has 3 rings (SSSR count). The van der Waals surface area contributed by atoms with Gasteiger partial charge >= 0.3 is 0 Å². The lowest BCUT2D eigenvalue weighted by Gasteiger charge is -2.36. The van der Waals surface area contributed by atoms with Crippen molar-refractivity contribution in [3.63, 3.8) is 0 Å². The molecule has 28 heavy (non-hydrogen) atoms. The molecule has 2 aromatic carbocycles. The minimum Gasteiger partial charge on any atom is -0.506 e. The highest BCUT2D eigenvalue weighted by Crippen LogP contribution is 2.27. The SMILES string of the molecule is C[C@H](C(=O)Nc1cc([N+](=O)[O-])ccc1Cl)[NH+]1CCN(c2ccccc2O)CC1. The van der Waals surface area contributed by atoms with Crippen LogP contribution in [-0.4, -0.2) is 48.2 Å². The summed E-state index contributed by atoms with van der Waals surface area (Å²) in [5.74, 6) is 0.00506. The molecule has 148 valence electrons. The third kappa shape index (κ3) is 4.35. The standard InChI is InChI=1S/C19H21ClN4O4/c1-13(19(26)21-16-12-14(24(27)28)6-7-15(16)20)22-8-10-23(11-9-22)17-4-2-3-5-18(17)25/h2-7,12-13,25H,8-11H2,1H3,(H,21,26)/p+1/t13-/m1/s1. The molecule has 1 atom stereocenters. The van der Waals surface area contributed by atoms with E-state index in [9.17, 15) is 20.0 Å². The first-order valence-electron chi connectivity index (χ1n) is 8.99. The molecule has 1 aliphatic heterocycles. The van der Waals surface area contributed by atoms with Crippen molar-refractivity contribution in [1.82, 2.24) is 0 Å². The number of aromatic hydroxyl groups is 1. The predicted molar refractivity (Wildman–Crippen MR) is 107 cm³/mol. The summed E-state index contributed by atoms with van der Waals surface area (Å²) in [5, 5.41) is 23.9. The van der Waals surface area contributed by atoms with E-state index in [1.165, 1.54) is 18.2 Å². The van der Waals surface area contributed by atoms with Gasteiger partial charge in [0, 0.05) is 12.1 Å². The summed E-state index contributed by atoms with van der Waals surface area (Å²) in [6.45, 7) is 4.70. The number of nitro benzene ring substituents is 1. The lowest BCUT2D eigenvalue weighted by atomic mass is 10.2. The van der Waals surface area contributed by atoms with Crippen molar-refractivity contribution in [3.05, 3.63) is 57.6 Å². The fraction of sp³-hybridized carbons (Fsp3) is 0.316. The van der Waals surface area contributed by atoms with Crippen molar-refractivity contribution >= 4 is 34.6 Å². The van der Waals surface area contributed by atoms with E-state index in [-0.39, 0.29) is 34.1 Å². The van der Waals surface area contributed by atoms with Gasteiger partial charge in [-0.25, -0.2) is 0 Å². The number of phenolic OH excluding ortho intramolecular Hbond substituents is 1. The number of hydrogen-bond acceptors (Lipinski definition) is 5. The maximum atomic E-state index is 12.6. The zero-order valence-corrected chi connectivity index (χ0v) is 16.1. The second-order valence-electron chi connectivity index (χ2n) is 6.77. The molecule has 3 N–H and O–H groups in total. The summed E-state index contributed by atoms with van der Waals surface area (Å²) in [6.07, 6.45) is 0. The molecule has 8 nitrogen and oxygen atoms in total. The average Bonchev–Trinajstić information content (AvgIpc) is 2.69. The molecule has 0 saturated carbocycles. The summed E-state index contributed by atoms with van der Waals surface area (Å²) in [6, 6.07) is 10.8. The zero-order valence-electron chi connectivity index (χ0n) is 15.4. The van der Waals surface area contributed by atoms with Gasteiger partial charge in [-0.05, 0) is 25.1 Å². The number of para-hydroxylation sites is 2. The summed E-state index contributed by atoms with van der Waals surface area (Å²) in [4.78, 5) is 26.2. The Bertz CT molecular complexity index is 884. The first-order valence-corrected chi connectivity index (χ1v) is 9.37. The Morgan fingerprint density at radius 2 is 1.96 bits per heavy atom. The van der Waals surface area contributed by atoms with Crippen LogP contribution in [0.15, 0.2) is 42.5 Å². The van der Waals surface area contributed by atoms with Crippen molar-refractivity contribution in [2.24, 2.45) is 0 Å². The van der Waals surface area contributed by atoms with Crippen LogP contribution in [0.1, 0.15) is 6.92 Å². The van der Waals surface area contributed by atoms with Gasteiger partial charge in [0.1, 0.15) is 5.75 Å². The minimum atomic E-state index is -0.529. The van der Waals surface area contributed by atoms with E-state index >= 15 is 0 Å². The van der Waals surface area contributed by atoms with Crippen LogP contribution >= 0.6 is 11.6 Å². The lowest BCUT2D eigenvalue weighted by molar-refractivity contribution is -0.914. The van der Waals surface area contributed by atoms with E-state index in [4.69, 9.17) is 11.6 Å². The molecule has 1 amide bonds. The molecule has 2 aromatic rings. The number of phenols is 1. The van der Waals surface area contributed by atoms with Gasteiger partial charge in [-0.2, -0.15) is 0 Å². The van der Waals surface area contributed by atoms with Gasteiger partial charge in [-0.3, -0.25) is 14.9 Å². The number of hydrogen-bond donors (Lipinski definition) is 3. The third-order valence-corrected chi connectivity index (χ3v) is 5.38. The molecule has 0 unspecified atom stereocenters. The number of nitro groups is 1. The van der Waals surface area contributed by atoms with Crippen LogP contribution in [0.5, 0.6) is 5.75 Å². The molecular weight excluding hydrogens is 384 g/mol. The second-order valence-corrected chi connectivity index (χ2v) is 7.17. The van der Waals surface area contributed by atoms with Crippen LogP contribution in [0, 0.1) is 10.1 Å². The Labute approximate surface area is 167 Å². The molecule has 0 spiro atoms. The summed E-state index contributed by atoms with van der Waals surface area (Å²) >= 11 is 6.06. The summed E-state index contributed by atoms with van der Waals surface area (Å²) in [5.41, 5.74) is 0.901. The number of halogens is 1. The van der Waals surface area contributed by atoms with E-state index in [0.717, 1.165) is 23.7 Å². The van der Waals surface area contributed by atoms with E-state index < -0.39 is 4.92 Å². The number of carbonyl (C=O) groups excluding carboxylic acids is 1. The van der Waals surface area contributed by atoms with Gasteiger partial charge in [-0.15, -0.1) is 0 Å². The normalized spacial score (nSPS) is 15.9. The maximum Gasteiger partial charge on any atom is 0.282 e. The Hall–Kier alpha value is -2.84. The Kier molecular flexibility index (Phi) is 6.01. The Balaban J connectivity index is 1.61. The number of non-ortho nitro benzene ring substituents is 1. The Morgan fingerprint density at radius 3 is 2.61 bits per heavy atom. The Morgan fingerprint density at radius 1 is 1.29 bits per heavy atom. The average molecular weight is 406 g/mol. The number of nitrogens with zero attached hydrogens (tertiary/aromatic N) is 2. The van der Waals surface area contributed by atoms with Gasteiger partial charge < -0.3 is 20.2 Å². The van der Waals surface area contributed by atoms with Crippen LogP contribution in [-0.2, 0) is 4.79 Å². The number of carbonyl (C=O) groups is 1. The van der Waals surface area contributed by atoms with Crippen LogP contribution in [0.25, 0.3) is 0 Å². The van der Waals surface area contributed by atoms with Gasteiger partial charge in [0.05, 0.1) is 47.5 Å². The molecule has 1 fully saturated rings. The van der Waals surface area contributed by atoms with E-state index in [1.54, 1.807) is 12.1 Å². The van der Waals surface area contributed by atoms with Crippen molar-refractivity contribution < 1.29 is 19.7 Å².